The van der Waals surface area contributed by atoms with Gasteiger partial charge in [-0.1, -0.05) is 6.07 Å². The van der Waals surface area contributed by atoms with E-state index in [1.54, 1.807) is 12.1 Å². The van der Waals surface area contributed by atoms with E-state index in [1.165, 1.54) is 23.2 Å². The Kier molecular flexibility index (Phi) is 4.05. The molecule has 0 spiro atoms. The van der Waals surface area contributed by atoms with Crippen LogP contribution in [0.15, 0.2) is 41.0 Å². The minimum absolute atomic E-state index is 0.228. The van der Waals surface area contributed by atoms with E-state index in [0.717, 1.165) is 47.6 Å². The molecule has 0 atom stereocenters. The van der Waals surface area contributed by atoms with Gasteiger partial charge in [0.2, 0.25) is 5.91 Å². The van der Waals surface area contributed by atoms with Gasteiger partial charge in [-0.2, -0.15) is 0 Å². The zero-order valence-corrected chi connectivity index (χ0v) is 16.2. The van der Waals surface area contributed by atoms with Gasteiger partial charge in [0.15, 0.2) is 10.9 Å². The van der Waals surface area contributed by atoms with E-state index in [-0.39, 0.29) is 23.5 Å². The van der Waals surface area contributed by atoms with E-state index in [0.29, 0.717) is 5.13 Å². The van der Waals surface area contributed by atoms with Crippen molar-refractivity contribution in [3.63, 3.8) is 0 Å². The van der Waals surface area contributed by atoms with Crippen molar-refractivity contribution in [2.24, 2.45) is 5.92 Å². The third kappa shape index (κ3) is 3.01. The molecular weight excluding hydrogens is 374 g/mol. The van der Waals surface area contributed by atoms with Gasteiger partial charge in [0.1, 0.15) is 0 Å². The largest absolute Gasteiger partial charge is 0.459 e. The van der Waals surface area contributed by atoms with Gasteiger partial charge in [-0.25, -0.2) is 4.98 Å². The highest BCUT2D eigenvalue weighted by molar-refractivity contribution is 7.16. The lowest BCUT2D eigenvalue weighted by Gasteiger charge is -2.17. The Bertz CT molecular complexity index is 1070. The molecule has 3 aromatic rings. The highest BCUT2D eigenvalue weighted by atomic mass is 32.1. The Morgan fingerprint density at radius 1 is 1.29 bits per heavy atom. The van der Waals surface area contributed by atoms with Crippen LogP contribution in [0.5, 0.6) is 0 Å². The number of aryl methyl sites for hydroxylation is 1. The number of rotatable bonds is 4. The molecule has 3 heterocycles. The zero-order valence-electron chi connectivity index (χ0n) is 15.4. The SMILES string of the molecule is Cc1sc(NC(=O)c2ccco2)nc1-c1ccc2c(c1)CCN2C(=O)C1CC1. The highest BCUT2D eigenvalue weighted by Gasteiger charge is 2.36. The average Bonchev–Trinajstić information content (AvgIpc) is 3.08. The first-order valence-electron chi connectivity index (χ1n) is 9.37. The molecule has 1 N–H and O–H groups in total. The van der Waals surface area contributed by atoms with Gasteiger partial charge >= 0.3 is 0 Å². The number of nitrogens with one attached hydrogen (secondary N) is 1. The number of thiazole rings is 1. The number of carbonyl (C=O) groups is 2. The first-order valence-corrected chi connectivity index (χ1v) is 10.2. The third-order valence-electron chi connectivity index (χ3n) is 5.20. The molecule has 1 aromatic carbocycles. The van der Waals surface area contributed by atoms with Crippen LogP contribution in [0.4, 0.5) is 10.8 Å². The monoisotopic (exact) mass is 393 g/mol. The molecule has 1 aliphatic heterocycles. The van der Waals surface area contributed by atoms with Crippen molar-refractivity contribution in [2.75, 3.05) is 16.8 Å². The van der Waals surface area contributed by atoms with E-state index in [2.05, 4.69) is 16.4 Å². The maximum Gasteiger partial charge on any atom is 0.293 e. The molecule has 142 valence electrons. The molecule has 2 amide bonds. The molecule has 0 bridgehead atoms. The molecule has 2 aliphatic rings. The summed E-state index contributed by atoms with van der Waals surface area (Å²) in [6.45, 7) is 2.75. The van der Waals surface area contributed by atoms with Crippen molar-refractivity contribution in [2.45, 2.75) is 26.2 Å². The number of carbonyl (C=O) groups excluding carboxylic acids is 2. The average molecular weight is 393 g/mol. The fourth-order valence-electron chi connectivity index (χ4n) is 3.61. The fourth-order valence-corrected chi connectivity index (χ4v) is 4.44. The minimum atomic E-state index is -0.312. The van der Waals surface area contributed by atoms with Gasteiger partial charge in [0.05, 0.1) is 12.0 Å². The first-order chi connectivity index (χ1) is 13.6. The van der Waals surface area contributed by atoms with Crippen LogP contribution >= 0.6 is 11.3 Å². The summed E-state index contributed by atoms with van der Waals surface area (Å²) in [4.78, 5) is 32.2. The summed E-state index contributed by atoms with van der Waals surface area (Å²) >= 11 is 1.44. The van der Waals surface area contributed by atoms with Gasteiger partial charge in [0.25, 0.3) is 5.91 Å². The summed E-state index contributed by atoms with van der Waals surface area (Å²) in [6, 6.07) is 9.45. The molecule has 1 aliphatic carbocycles. The van der Waals surface area contributed by atoms with Crippen molar-refractivity contribution in [1.29, 1.82) is 0 Å². The van der Waals surface area contributed by atoms with E-state index in [9.17, 15) is 9.59 Å². The maximum atomic E-state index is 12.5. The van der Waals surface area contributed by atoms with Crippen LogP contribution in [-0.4, -0.2) is 23.3 Å². The predicted molar refractivity (Wildman–Crippen MR) is 108 cm³/mol. The van der Waals surface area contributed by atoms with Crippen molar-refractivity contribution in [3.05, 3.63) is 52.8 Å². The quantitative estimate of drug-likeness (QED) is 0.718. The molecule has 0 unspecified atom stereocenters. The number of nitrogens with zero attached hydrogens (tertiary/aromatic N) is 2. The molecule has 1 fully saturated rings. The molecule has 2 aromatic heterocycles. The number of fused-ring (bicyclic) bond motifs is 1. The maximum absolute atomic E-state index is 12.5. The Morgan fingerprint density at radius 3 is 2.89 bits per heavy atom. The summed E-state index contributed by atoms with van der Waals surface area (Å²) in [5.74, 6) is 0.437. The summed E-state index contributed by atoms with van der Waals surface area (Å²) in [5, 5.41) is 3.33. The van der Waals surface area contributed by atoms with Crippen molar-refractivity contribution in [3.8, 4) is 11.3 Å². The van der Waals surface area contributed by atoms with E-state index < -0.39 is 0 Å². The molecule has 1 saturated carbocycles. The van der Waals surface area contributed by atoms with Crippen LogP contribution in [0.3, 0.4) is 0 Å². The predicted octanol–water partition coefficient (Wildman–Crippen LogP) is 4.26. The van der Waals surface area contributed by atoms with Crippen LogP contribution in [0.1, 0.15) is 33.8 Å². The molecule has 7 heteroatoms. The van der Waals surface area contributed by atoms with E-state index in [4.69, 9.17) is 4.42 Å². The van der Waals surface area contributed by atoms with Gasteiger partial charge < -0.3 is 9.32 Å². The Balaban J connectivity index is 1.39. The zero-order chi connectivity index (χ0) is 19.3. The fraction of sp³-hybridized carbons (Fsp3) is 0.286. The van der Waals surface area contributed by atoms with Gasteiger partial charge in [-0.15, -0.1) is 11.3 Å². The standard InChI is InChI=1S/C21H19N3O3S/c1-12-18(22-21(28-12)23-19(25)17-3-2-10-27-17)15-6-7-16-14(11-15)8-9-24(16)20(26)13-4-5-13/h2-3,6-7,10-11,13H,4-5,8-9H2,1H3,(H,22,23,25). The molecule has 28 heavy (non-hydrogen) atoms. The number of hydrogen-bond donors (Lipinski definition) is 1. The van der Waals surface area contributed by atoms with E-state index >= 15 is 0 Å². The molecule has 6 nitrogen and oxygen atoms in total. The Labute approximate surface area is 166 Å². The number of anilines is 2. The molecule has 0 saturated heterocycles. The molecule has 0 radical (unpaired) electrons. The Morgan fingerprint density at radius 2 is 2.14 bits per heavy atom. The Hall–Kier alpha value is -2.93. The van der Waals surface area contributed by atoms with Crippen molar-refractivity contribution >= 4 is 34.0 Å². The van der Waals surface area contributed by atoms with Gasteiger partial charge in [0, 0.05) is 28.6 Å². The summed E-state index contributed by atoms with van der Waals surface area (Å²) in [7, 11) is 0. The summed E-state index contributed by atoms with van der Waals surface area (Å²) in [5.41, 5.74) is 4.07. The lowest BCUT2D eigenvalue weighted by molar-refractivity contribution is -0.119. The first kappa shape index (κ1) is 17.2. The number of furan rings is 1. The smallest absolute Gasteiger partial charge is 0.293 e. The van der Waals surface area contributed by atoms with Crippen molar-refractivity contribution in [1.82, 2.24) is 4.98 Å². The van der Waals surface area contributed by atoms with Gasteiger partial charge in [-0.3, -0.25) is 14.9 Å². The van der Waals surface area contributed by atoms with Crippen molar-refractivity contribution < 1.29 is 14.0 Å². The second kappa shape index (κ2) is 6.60. The van der Waals surface area contributed by atoms with Gasteiger partial charge in [-0.05, 0) is 56.0 Å². The topological polar surface area (TPSA) is 75.4 Å². The second-order valence-electron chi connectivity index (χ2n) is 7.21. The number of benzene rings is 1. The normalized spacial score (nSPS) is 15.5. The van der Waals surface area contributed by atoms with Crippen LogP contribution in [0, 0.1) is 12.8 Å². The number of aromatic nitrogens is 1. The number of hydrogen-bond acceptors (Lipinski definition) is 5. The molecule has 5 rings (SSSR count). The third-order valence-corrected chi connectivity index (χ3v) is 6.09. The summed E-state index contributed by atoms with van der Waals surface area (Å²) in [6.07, 6.45) is 4.38. The van der Waals surface area contributed by atoms with E-state index in [1.807, 2.05) is 24.0 Å². The summed E-state index contributed by atoms with van der Waals surface area (Å²) < 4.78 is 5.12. The lowest BCUT2D eigenvalue weighted by Crippen LogP contribution is -2.30. The van der Waals surface area contributed by atoms with Crippen LogP contribution in [-0.2, 0) is 11.2 Å². The highest BCUT2D eigenvalue weighted by Crippen LogP contribution is 2.39. The second-order valence-corrected chi connectivity index (χ2v) is 8.42. The van der Waals surface area contributed by atoms with Crippen LogP contribution in [0.2, 0.25) is 0 Å². The molecular formula is C21H19N3O3S. The minimum Gasteiger partial charge on any atom is -0.459 e. The van der Waals surface area contributed by atoms with Crippen LogP contribution < -0.4 is 10.2 Å². The lowest BCUT2D eigenvalue weighted by atomic mass is 10.1. The van der Waals surface area contributed by atoms with Crippen LogP contribution in [0.25, 0.3) is 11.3 Å². The number of amides is 2.